The molecule has 0 aromatic rings. The lowest BCUT2D eigenvalue weighted by Gasteiger charge is -2.73. The minimum atomic E-state index is -1.96. The number of aliphatic hydroxyl groups excluding tert-OH is 11. The van der Waals surface area contributed by atoms with Crippen LogP contribution in [-0.4, -0.2) is 205 Å². The normalized spacial score (nSPS) is 47.0. The highest BCUT2D eigenvalue weighted by molar-refractivity contribution is 5.83. The first kappa shape index (κ1) is 65.5. The number of unbranched alkanes of at least 4 members (excludes halogenated alkanes) is 1. The van der Waals surface area contributed by atoms with Gasteiger partial charge < -0.3 is 94.1 Å². The van der Waals surface area contributed by atoms with Gasteiger partial charge in [-0.2, -0.15) is 0 Å². The molecule has 3 saturated heterocycles. The Bertz CT molecular complexity index is 2340. The highest BCUT2D eigenvalue weighted by Gasteiger charge is 2.75. The van der Waals surface area contributed by atoms with Crippen LogP contribution >= 0.6 is 0 Å². The van der Waals surface area contributed by atoms with Gasteiger partial charge in [-0.3, -0.25) is 0 Å². The van der Waals surface area contributed by atoms with Crippen molar-refractivity contribution in [2.24, 2.45) is 50.2 Å². The van der Waals surface area contributed by atoms with Gasteiger partial charge in [-0.1, -0.05) is 90.7 Å². The fourth-order valence-corrected chi connectivity index (χ4v) is 16.8. The summed E-state index contributed by atoms with van der Waals surface area (Å²) in [7, 11) is 0. The zero-order chi connectivity index (χ0) is 60.4. The summed E-state index contributed by atoms with van der Waals surface area (Å²) in [6, 6.07) is 0. The van der Waals surface area contributed by atoms with Gasteiger partial charge in [0.1, 0.15) is 67.1 Å². The lowest BCUT2D eigenvalue weighted by Crippen LogP contribution is -2.74. The van der Waals surface area contributed by atoms with Crippen LogP contribution in [0.15, 0.2) is 34.9 Å². The van der Waals surface area contributed by atoms with E-state index in [1.165, 1.54) is 11.6 Å². The van der Waals surface area contributed by atoms with Crippen molar-refractivity contribution in [1.82, 2.24) is 0 Å². The zero-order valence-corrected chi connectivity index (χ0v) is 50.0. The molecule has 0 aromatic carbocycles. The van der Waals surface area contributed by atoms with Gasteiger partial charge in [0.15, 0.2) is 25.0 Å². The maximum absolute atomic E-state index is 14.1. The van der Waals surface area contributed by atoms with Crippen molar-refractivity contribution >= 4 is 11.9 Å². The van der Waals surface area contributed by atoms with Gasteiger partial charge in [0, 0.05) is 11.5 Å². The molecule has 0 aromatic heterocycles. The molecule has 8 aliphatic rings. The summed E-state index contributed by atoms with van der Waals surface area (Å²) in [5, 5.41) is 124. The van der Waals surface area contributed by atoms with E-state index in [-0.39, 0.29) is 23.9 Å². The average molecular weight is 1170 g/mol. The van der Waals surface area contributed by atoms with Gasteiger partial charge in [0.05, 0.1) is 50.2 Å². The number of esters is 2. The SMILES string of the molecule is CCCCOC(=O)[C@H]1O[C@@H](O[C@H]2CC[C@@]3(C)C(CC[C@]4(C)[C@@H]3CC=C3[C@@H]5CC(C)(C)C[C@H](OC(=O)/C=C(\C)CCC=C(C)C)[C@]5(CO)[C@H](O)[C@H](O)[C@]34C)C2(C)C)[C@H](O[C@@H]2O[C@H](CO)[C@@H](O)[C@H](O)[C@H]2O)[C@@H](O)[C@@H]1O[C@@H]1O[C@@H](CO)[C@H](O)[C@H]1O. The third-order valence-corrected chi connectivity index (χ3v) is 21.6. The van der Waals surface area contributed by atoms with Gasteiger partial charge in [0.2, 0.25) is 0 Å². The van der Waals surface area contributed by atoms with Crippen molar-refractivity contribution in [2.45, 2.75) is 257 Å². The number of carbonyl (C=O) groups is 2. The Labute approximate surface area is 482 Å². The van der Waals surface area contributed by atoms with Gasteiger partial charge in [-0.05, 0) is 124 Å². The molecule has 0 bridgehead atoms. The fraction of sp³-hybridized carbons (Fsp3) is 0.869. The second-order valence-electron chi connectivity index (χ2n) is 27.7. The number of fused-ring (bicyclic) bond motifs is 7. The number of aliphatic hydroxyl groups is 11. The van der Waals surface area contributed by atoms with Crippen molar-refractivity contribution in [3.63, 3.8) is 0 Å². The van der Waals surface area contributed by atoms with Crippen molar-refractivity contribution in [1.29, 1.82) is 0 Å². The molecule has 468 valence electrons. The molecule has 0 radical (unpaired) electrons. The van der Waals surface area contributed by atoms with Gasteiger partial charge in [-0.15, -0.1) is 0 Å². The van der Waals surface area contributed by atoms with Crippen LogP contribution in [0.5, 0.6) is 0 Å². The van der Waals surface area contributed by atoms with Crippen LogP contribution < -0.4 is 0 Å². The number of hydrogen-bond acceptors (Lipinski definition) is 21. The smallest absolute Gasteiger partial charge is 0.338 e. The van der Waals surface area contributed by atoms with Gasteiger partial charge in [0.25, 0.3) is 0 Å². The summed E-state index contributed by atoms with van der Waals surface area (Å²) in [5.41, 5.74) is -1.45. The van der Waals surface area contributed by atoms with Crippen LogP contribution in [0, 0.1) is 50.2 Å². The molecule has 0 amide bonds. The van der Waals surface area contributed by atoms with Crippen LogP contribution in [0.4, 0.5) is 0 Å². The Kier molecular flexibility index (Phi) is 19.9. The second-order valence-corrected chi connectivity index (χ2v) is 27.7. The minimum absolute atomic E-state index is 0.0318. The van der Waals surface area contributed by atoms with E-state index in [2.05, 4.69) is 60.6 Å². The molecule has 3 heterocycles. The van der Waals surface area contributed by atoms with E-state index >= 15 is 0 Å². The molecular formula is C61H98O21. The Morgan fingerprint density at radius 3 is 1.93 bits per heavy atom. The van der Waals surface area contributed by atoms with Crippen LogP contribution in [-0.2, 0) is 47.5 Å². The van der Waals surface area contributed by atoms with E-state index in [0.29, 0.717) is 64.2 Å². The Hall–Kier alpha value is -2.52. The second kappa shape index (κ2) is 24.9. The minimum Gasteiger partial charge on any atom is -0.464 e. The third kappa shape index (κ3) is 11.4. The molecule has 7 fully saturated rings. The molecule has 21 heteroatoms. The molecule has 82 heavy (non-hydrogen) atoms. The topological polar surface area (TPSA) is 331 Å². The van der Waals surface area contributed by atoms with Gasteiger partial charge in [-0.25, -0.2) is 9.59 Å². The first-order valence-corrected chi connectivity index (χ1v) is 30.0. The average Bonchev–Trinajstić information content (AvgIpc) is 0.759. The fourth-order valence-electron chi connectivity index (χ4n) is 16.8. The highest BCUT2D eigenvalue weighted by atomic mass is 16.8. The van der Waals surface area contributed by atoms with E-state index in [4.69, 9.17) is 37.9 Å². The first-order chi connectivity index (χ1) is 38.4. The molecule has 4 saturated carbocycles. The third-order valence-electron chi connectivity index (χ3n) is 21.6. The summed E-state index contributed by atoms with van der Waals surface area (Å²) in [4.78, 5) is 27.9. The molecule has 0 spiro atoms. The van der Waals surface area contributed by atoms with E-state index in [9.17, 15) is 65.8 Å². The van der Waals surface area contributed by atoms with E-state index in [0.717, 1.165) is 17.6 Å². The number of rotatable bonds is 18. The maximum atomic E-state index is 14.1. The van der Waals surface area contributed by atoms with E-state index < -0.39 is 175 Å². The van der Waals surface area contributed by atoms with Crippen LogP contribution in [0.1, 0.15) is 147 Å². The summed E-state index contributed by atoms with van der Waals surface area (Å²) in [5.74, 6) is -2.07. The molecule has 1 unspecified atom stereocenters. The van der Waals surface area contributed by atoms with Crippen molar-refractivity contribution in [3.05, 3.63) is 34.9 Å². The number of hydrogen-bond donors (Lipinski definition) is 11. The van der Waals surface area contributed by atoms with Crippen molar-refractivity contribution in [3.8, 4) is 0 Å². The molecule has 21 nitrogen and oxygen atoms in total. The van der Waals surface area contributed by atoms with Gasteiger partial charge >= 0.3 is 11.9 Å². The van der Waals surface area contributed by atoms with Crippen LogP contribution in [0.25, 0.3) is 0 Å². The summed E-state index contributed by atoms with van der Waals surface area (Å²) in [6.45, 7) is 20.8. The Morgan fingerprint density at radius 2 is 1.32 bits per heavy atom. The number of allylic oxidation sites excluding steroid dienone is 4. The zero-order valence-electron chi connectivity index (χ0n) is 50.0. The lowest BCUT2D eigenvalue weighted by atomic mass is 9.32. The van der Waals surface area contributed by atoms with Crippen LogP contribution in [0.2, 0.25) is 0 Å². The quantitative estimate of drug-likeness (QED) is 0.0309. The Balaban J connectivity index is 1.10. The molecule has 8 rings (SSSR count). The maximum Gasteiger partial charge on any atom is 0.338 e. The lowest BCUT2D eigenvalue weighted by molar-refractivity contribution is -0.383. The summed E-state index contributed by atoms with van der Waals surface area (Å²) in [6.07, 6.45) is -16.2. The van der Waals surface area contributed by atoms with Crippen molar-refractivity contribution < 1.29 is 104 Å². The monoisotopic (exact) mass is 1170 g/mol. The van der Waals surface area contributed by atoms with Crippen molar-refractivity contribution in [2.75, 3.05) is 26.4 Å². The highest BCUT2D eigenvalue weighted by Crippen LogP contribution is 2.76. The molecule has 5 aliphatic carbocycles. The molecule has 25 atom stereocenters. The van der Waals surface area contributed by atoms with E-state index in [1.807, 2.05) is 27.7 Å². The standard InChI is InChI=1S/C61H98O21/c1-12-13-23-75-52(74)49-47(80-53-44(69)42(67)35(28-63)77-53)46(71)48(81-54-45(70)43(68)41(66)34(27-62)76-54)55(82-49)79-38-20-21-58(9)36(57(38,7)8)19-22-59(10)37(58)18-17-32-33-25-56(5,6)26-39(61(33,29-64)51(73)50(72)60(32,59)11)78-40(65)24-31(4)16-14-15-30(2)3/h15,17,24,33-39,41-51,53-55,62-64,66-73H,12-14,16,18-23,25-29H2,1-11H3/b31-24+/t33-,34+,35-,36?,37+,38-,39-,41+,42-,43-,44+,45+,46-,47-,48+,49-,50-,51+,53-,54-,55+,58-,59+,60-,61+/m0/s1. The Morgan fingerprint density at radius 1 is 0.695 bits per heavy atom. The number of ether oxygens (including phenoxy) is 8. The summed E-state index contributed by atoms with van der Waals surface area (Å²) >= 11 is 0. The molecule has 11 N–H and O–H groups in total. The van der Waals surface area contributed by atoms with E-state index in [1.54, 1.807) is 0 Å². The van der Waals surface area contributed by atoms with Crippen LogP contribution in [0.3, 0.4) is 0 Å². The molecule has 3 aliphatic heterocycles. The predicted molar refractivity (Wildman–Crippen MR) is 293 cm³/mol. The first-order valence-electron chi connectivity index (χ1n) is 30.0. The largest absolute Gasteiger partial charge is 0.464 e. The summed E-state index contributed by atoms with van der Waals surface area (Å²) < 4.78 is 49.2. The number of carbonyl (C=O) groups excluding carboxylic acids is 2. The predicted octanol–water partition coefficient (Wildman–Crippen LogP) is 2.76. The molecular weight excluding hydrogens is 1070 g/mol.